The minimum absolute atomic E-state index is 0.208. The van der Waals surface area contributed by atoms with E-state index in [2.05, 4.69) is 0 Å². The Morgan fingerprint density at radius 1 is 1.71 bits per heavy atom. The number of hydrogen-bond acceptors (Lipinski definition) is 4. The second-order valence-electron chi connectivity index (χ2n) is 1.47. The van der Waals surface area contributed by atoms with Crippen molar-refractivity contribution in [2.75, 3.05) is 13.6 Å². The minimum Gasteiger partial charge on any atom is -0.328 e. The number of likely N-dealkylation sites (N-methyl/N-ethyl adjacent to an activating group) is 1. The Hall–Kier alpha value is -0.160. The molecule has 0 aliphatic carbocycles. The molecule has 0 heterocycles. The first kappa shape index (κ1) is 6.84. The Labute approximate surface area is 43.2 Å². The van der Waals surface area contributed by atoms with Crippen molar-refractivity contribution >= 4 is 0 Å². The lowest BCUT2D eigenvalue weighted by Crippen LogP contribution is -2.48. The molecule has 0 radical (unpaired) electrons. The SMILES string of the molecule is CN(N)C(N)CN. The third kappa shape index (κ3) is 2.52. The van der Waals surface area contributed by atoms with E-state index in [4.69, 9.17) is 17.3 Å². The van der Waals surface area contributed by atoms with Gasteiger partial charge >= 0.3 is 0 Å². The molecule has 6 N–H and O–H groups in total. The largest absolute Gasteiger partial charge is 0.328 e. The smallest absolute Gasteiger partial charge is 0.0826 e. The van der Waals surface area contributed by atoms with Crippen molar-refractivity contribution in [1.29, 1.82) is 0 Å². The summed E-state index contributed by atoms with van der Waals surface area (Å²) in [6.07, 6.45) is -0.208. The predicted octanol–water partition coefficient (Wildman–Crippen LogP) is -1.96. The van der Waals surface area contributed by atoms with E-state index in [1.54, 1.807) is 7.05 Å². The number of rotatable bonds is 2. The van der Waals surface area contributed by atoms with Gasteiger partial charge in [0.05, 0.1) is 6.17 Å². The van der Waals surface area contributed by atoms with E-state index in [1.807, 2.05) is 0 Å². The maximum Gasteiger partial charge on any atom is 0.0826 e. The highest BCUT2D eigenvalue weighted by Gasteiger charge is 1.98. The molecule has 0 amide bonds. The lowest BCUT2D eigenvalue weighted by Gasteiger charge is -2.15. The second kappa shape index (κ2) is 2.92. The van der Waals surface area contributed by atoms with Gasteiger partial charge in [-0.05, 0) is 0 Å². The van der Waals surface area contributed by atoms with Crippen LogP contribution in [0.3, 0.4) is 0 Å². The Bertz CT molecular complexity index is 44.2. The van der Waals surface area contributed by atoms with Gasteiger partial charge in [-0.3, -0.25) is 5.84 Å². The first-order chi connectivity index (χ1) is 3.18. The van der Waals surface area contributed by atoms with Crippen LogP contribution in [0.1, 0.15) is 0 Å². The van der Waals surface area contributed by atoms with Crippen LogP contribution in [0.5, 0.6) is 0 Å². The van der Waals surface area contributed by atoms with Gasteiger partial charge in [0.2, 0.25) is 0 Å². The fraction of sp³-hybridized carbons (Fsp3) is 1.00. The first-order valence-electron chi connectivity index (χ1n) is 2.11. The molecule has 1 unspecified atom stereocenters. The summed E-state index contributed by atoms with van der Waals surface area (Å²) in [6, 6.07) is 0. The molecule has 0 aromatic rings. The van der Waals surface area contributed by atoms with Crippen LogP contribution in [0.15, 0.2) is 0 Å². The maximum atomic E-state index is 5.29. The molecule has 0 fully saturated rings. The van der Waals surface area contributed by atoms with Gasteiger partial charge < -0.3 is 11.5 Å². The van der Waals surface area contributed by atoms with Gasteiger partial charge in [0.25, 0.3) is 0 Å². The van der Waals surface area contributed by atoms with Crippen LogP contribution in [0.25, 0.3) is 0 Å². The third-order valence-corrected chi connectivity index (χ3v) is 0.765. The van der Waals surface area contributed by atoms with Crippen LogP contribution in [0, 0.1) is 0 Å². The third-order valence-electron chi connectivity index (χ3n) is 0.765. The number of nitrogens with zero attached hydrogens (tertiary/aromatic N) is 1. The van der Waals surface area contributed by atoms with Crippen molar-refractivity contribution in [3.8, 4) is 0 Å². The molecule has 0 saturated carbocycles. The molecule has 0 bridgehead atoms. The molecule has 4 heteroatoms. The van der Waals surface area contributed by atoms with Crippen LogP contribution in [0.2, 0.25) is 0 Å². The highest BCUT2D eigenvalue weighted by molar-refractivity contribution is 4.53. The summed E-state index contributed by atoms with van der Waals surface area (Å²) in [4.78, 5) is 0. The summed E-state index contributed by atoms with van der Waals surface area (Å²) >= 11 is 0. The molecule has 44 valence electrons. The quantitative estimate of drug-likeness (QED) is 0.216. The van der Waals surface area contributed by atoms with Crippen molar-refractivity contribution in [1.82, 2.24) is 5.01 Å². The van der Waals surface area contributed by atoms with E-state index in [0.717, 1.165) is 0 Å². The number of nitrogens with two attached hydrogens (primary N) is 3. The molecule has 1 atom stereocenters. The molecule has 0 aromatic carbocycles. The fourth-order valence-corrected chi connectivity index (χ4v) is 0.166. The van der Waals surface area contributed by atoms with Crippen LogP contribution in [-0.2, 0) is 0 Å². The summed E-state index contributed by atoms with van der Waals surface area (Å²) in [5.41, 5.74) is 10.4. The number of hydrazine groups is 1. The molecule has 0 aromatic heterocycles. The van der Waals surface area contributed by atoms with E-state index in [1.165, 1.54) is 5.01 Å². The summed E-state index contributed by atoms with van der Waals surface area (Å²) < 4.78 is 0. The molecule has 0 aliphatic rings. The fourth-order valence-electron chi connectivity index (χ4n) is 0.166. The lowest BCUT2D eigenvalue weighted by molar-refractivity contribution is 0.260. The van der Waals surface area contributed by atoms with E-state index >= 15 is 0 Å². The zero-order valence-electron chi connectivity index (χ0n) is 4.46. The molecular formula is C3H12N4. The second-order valence-corrected chi connectivity index (χ2v) is 1.47. The zero-order chi connectivity index (χ0) is 5.86. The van der Waals surface area contributed by atoms with Crippen LogP contribution in [-0.4, -0.2) is 24.8 Å². The average molecular weight is 104 g/mol. The highest BCUT2D eigenvalue weighted by Crippen LogP contribution is 1.70. The van der Waals surface area contributed by atoms with Crippen molar-refractivity contribution in [2.24, 2.45) is 17.3 Å². The van der Waals surface area contributed by atoms with Gasteiger partial charge in [0, 0.05) is 13.6 Å². The molecule has 0 saturated heterocycles. The minimum atomic E-state index is -0.208. The molecule has 4 nitrogen and oxygen atoms in total. The van der Waals surface area contributed by atoms with Crippen LogP contribution < -0.4 is 17.3 Å². The topological polar surface area (TPSA) is 81.3 Å². The van der Waals surface area contributed by atoms with E-state index in [0.29, 0.717) is 6.54 Å². The maximum absolute atomic E-state index is 5.29. The Kier molecular flexibility index (Phi) is 2.86. The van der Waals surface area contributed by atoms with Crippen molar-refractivity contribution < 1.29 is 0 Å². The summed E-state index contributed by atoms with van der Waals surface area (Å²) in [7, 11) is 1.68. The van der Waals surface area contributed by atoms with Gasteiger partial charge in [-0.25, -0.2) is 5.01 Å². The Balaban J connectivity index is 3.14. The first-order valence-corrected chi connectivity index (χ1v) is 2.11. The van der Waals surface area contributed by atoms with Gasteiger partial charge in [0.15, 0.2) is 0 Å². The van der Waals surface area contributed by atoms with Crippen molar-refractivity contribution in [2.45, 2.75) is 6.17 Å². The van der Waals surface area contributed by atoms with Crippen molar-refractivity contribution in [3.63, 3.8) is 0 Å². The van der Waals surface area contributed by atoms with Crippen LogP contribution in [0.4, 0.5) is 0 Å². The molecule has 7 heavy (non-hydrogen) atoms. The van der Waals surface area contributed by atoms with E-state index < -0.39 is 0 Å². The average Bonchev–Trinajstić information content (AvgIpc) is 1.65. The molecule has 0 aliphatic heterocycles. The highest BCUT2D eigenvalue weighted by atomic mass is 15.4. The molecule has 0 spiro atoms. The standard InChI is InChI=1S/C3H12N4/c1-7(6)3(5)2-4/h3H,2,4-6H2,1H3. The van der Waals surface area contributed by atoms with Crippen molar-refractivity contribution in [3.05, 3.63) is 0 Å². The van der Waals surface area contributed by atoms with E-state index in [9.17, 15) is 0 Å². The number of hydrogen-bond donors (Lipinski definition) is 3. The zero-order valence-corrected chi connectivity index (χ0v) is 4.46. The monoisotopic (exact) mass is 104 g/mol. The van der Waals surface area contributed by atoms with Gasteiger partial charge in [-0.1, -0.05) is 0 Å². The summed E-state index contributed by atoms with van der Waals surface area (Å²) in [5, 5.41) is 1.38. The van der Waals surface area contributed by atoms with E-state index in [-0.39, 0.29) is 6.17 Å². The van der Waals surface area contributed by atoms with Gasteiger partial charge in [0.1, 0.15) is 0 Å². The molecular weight excluding hydrogens is 92.1 g/mol. The Morgan fingerprint density at radius 2 is 2.14 bits per heavy atom. The van der Waals surface area contributed by atoms with Crippen LogP contribution >= 0.6 is 0 Å². The summed E-state index contributed by atoms with van der Waals surface area (Å²) in [6.45, 7) is 0.396. The normalized spacial score (nSPS) is 15.0. The van der Waals surface area contributed by atoms with Gasteiger partial charge in [-0.15, -0.1) is 0 Å². The summed E-state index contributed by atoms with van der Waals surface area (Å²) in [5.74, 6) is 5.17. The lowest BCUT2D eigenvalue weighted by atomic mass is 10.5. The predicted molar refractivity (Wildman–Crippen MR) is 29.0 cm³/mol. The van der Waals surface area contributed by atoms with Gasteiger partial charge in [-0.2, -0.15) is 0 Å². The Morgan fingerprint density at radius 3 is 2.14 bits per heavy atom. The molecule has 0 rings (SSSR count).